The Morgan fingerprint density at radius 2 is 1.95 bits per heavy atom. The summed E-state index contributed by atoms with van der Waals surface area (Å²) in [6, 6.07) is 10.4. The molecule has 8 nitrogen and oxygen atoms in total. The number of ketones is 1. The molecule has 1 aliphatic heterocycles. The third-order valence-electron chi connectivity index (χ3n) is 6.57. The number of aryl methyl sites for hydroxylation is 1. The zero-order valence-electron chi connectivity index (χ0n) is 22.2. The van der Waals surface area contributed by atoms with E-state index in [1.54, 1.807) is 43.3 Å². The maximum Gasteiger partial charge on any atom is 0.340 e. The Hall–Kier alpha value is -3.30. The van der Waals surface area contributed by atoms with Crippen LogP contribution in [0.3, 0.4) is 0 Å². The van der Waals surface area contributed by atoms with Crippen molar-refractivity contribution in [3.8, 4) is 5.75 Å². The molecule has 0 bridgehead atoms. The Kier molecular flexibility index (Phi) is 8.42. The zero-order chi connectivity index (χ0) is 28.5. The Morgan fingerprint density at radius 1 is 1.21 bits per heavy atom. The Morgan fingerprint density at radius 3 is 2.67 bits per heavy atom. The zero-order valence-corrected chi connectivity index (χ0v) is 24.5. The summed E-state index contributed by atoms with van der Waals surface area (Å²) in [4.78, 5) is 39.4. The summed E-state index contributed by atoms with van der Waals surface area (Å²) in [6.07, 6.45) is 0.736. The predicted octanol–water partition coefficient (Wildman–Crippen LogP) is 5.92. The first-order chi connectivity index (χ1) is 18.4. The number of hydrogen-bond acceptors (Lipinski definition) is 7. The molecule has 1 aliphatic carbocycles. The number of Topliss-reactive ketones (excluding diaryl/α,β-unsaturated/α-hetero) is 1. The van der Waals surface area contributed by atoms with Gasteiger partial charge < -0.3 is 25.3 Å². The summed E-state index contributed by atoms with van der Waals surface area (Å²) < 4.78 is 17.8. The fourth-order valence-electron chi connectivity index (χ4n) is 4.84. The van der Waals surface area contributed by atoms with E-state index in [0.717, 1.165) is 5.56 Å². The smallest absolute Gasteiger partial charge is 0.340 e. The summed E-state index contributed by atoms with van der Waals surface area (Å²) in [6.45, 7) is 7.26. The first-order valence-corrected chi connectivity index (χ1v) is 13.7. The molecule has 10 heteroatoms. The quantitative estimate of drug-likeness (QED) is 0.371. The molecule has 206 valence electrons. The lowest BCUT2D eigenvalue weighted by atomic mass is 9.70. The molecular formula is C29H30BrClN2O6. The molecule has 2 aromatic rings. The summed E-state index contributed by atoms with van der Waals surface area (Å²) in [7, 11) is 0. The molecule has 0 spiro atoms. The van der Waals surface area contributed by atoms with Gasteiger partial charge in [-0.25, -0.2) is 4.79 Å². The number of allylic oxidation sites excluding steroid dienone is 2. The number of rotatable bonds is 7. The van der Waals surface area contributed by atoms with Crippen LogP contribution in [0.5, 0.6) is 5.75 Å². The lowest BCUT2D eigenvalue weighted by Crippen LogP contribution is -2.36. The molecule has 0 fully saturated rings. The van der Waals surface area contributed by atoms with Gasteiger partial charge in [0.05, 0.1) is 12.5 Å². The number of carbonyl (C=O) groups is 3. The lowest BCUT2D eigenvalue weighted by Gasteiger charge is -2.38. The van der Waals surface area contributed by atoms with Crippen LogP contribution >= 0.6 is 27.5 Å². The monoisotopic (exact) mass is 616 g/mol. The number of carbonyl (C=O) groups excluding carboxylic acids is 3. The number of benzene rings is 2. The number of esters is 1. The van der Waals surface area contributed by atoms with Crippen molar-refractivity contribution in [3.63, 3.8) is 0 Å². The first-order valence-electron chi connectivity index (χ1n) is 12.5. The van der Waals surface area contributed by atoms with E-state index in [0.29, 0.717) is 44.2 Å². The number of anilines is 1. The van der Waals surface area contributed by atoms with Gasteiger partial charge in [0.1, 0.15) is 17.1 Å². The van der Waals surface area contributed by atoms with Gasteiger partial charge in [0, 0.05) is 39.2 Å². The molecule has 0 aromatic heterocycles. The van der Waals surface area contributed by atoms with Crippen LogP contribution in [0.15, 0.2) is 63.7 Å². The normalized spacial score (nSPS) is 18.3. The molecule has 1 amide bonds. The minimum absolute atomic E-state index is 0.0191. The van der Waals surface area contributed by atoms with E-state index in [4.69, 9.17) is 31.5 Å². The van der Waals surface area contributed by atoms with Crippen LogP contribution in [0.2, 0.25) is 5.02 Å². The van der Waals surface area contributed by atoms with Crippen LogP contribution in [0.1, 0.15) is 50.7 Å². The van der Waals surface area contributed by atoms with Crippen LogP contribution in [0.25, 0.3) is 0 Å². The molecule has 0 radical (unpaired) electrons. The van der Waals surface area contributed by atoms with Crippen molar-refractivity contribution < 1.29 is 28.6 Å². The molecule has 4 rings (SSSR count). The Bertz CT molecular complexity index is 1410. The third-order valence-corrected chi connectivity index (χ3v) is 7.29. The minimum atomic E-state index is -0.901. The standard InChI is InChI=1S/C29H30BrClN2O6/c1-5-37-28(36)26-24(25-20(34)12-29(3,4)13-22(25)39-27(26)32)18-10-16(30)7-9-21(18)38-14-23(35)33-19-11-17(31)8-6-15(19)2/h6-11,24H,5,12-14,32H2,1-4H3,(H,33,35). The molecule has 39 heavy (non-hydrogen) atoms. The van der Waals surface area contributed by atoms with Gasteiger partial charge in [-0.2, -0.15) is 0 Å². The van der Waals surface area contributed by atoms with E-state index < -0.39 is 17.8 Å². The summed E-state index contributed by atoms with van der Waals surface area (Å²) in [5.74, 6) is -1.54. The second-order valence-corrected chi connectivity index (χ2v) is 11.6. The highest BCUT2D eigenvalue weighted by Gasteiger charge is 2.46. The number of amides is 1. The van der Waals surface area contributed by atoms with E-state index in [9.17, 15) is 14.4 Å². The fourth-order valence-corrected chi connectivity index (χ4v) is 5.39. The van der Waals surface area contributed by atoms with Crippen LogP contribution in [0, 0.1) is 12.3 Å². The molecule has 0 saturated carbocycles. The molecule has 1 heterocycles. The van der Waals surface area contributed by atoms with E-state index in [1.807, 2.05) is 20.8 Å². The maximum absolute atomic E-state index is 13.5. The van der Waals surface area contributed by atoms with Crippen LogP contribution in [-0.4, -0.2) is 30.9 Å². The maximum atomic E-state index is 13.5. The van der Waals surface area contributed by atoms with E-state index in [2.05, 4.69) is 21.2 Å². The minimum Gasteiger partial charge on any atom is -0.483 e. The number of nitrogens with one attached hydrogen (secondary N) is 1. The van der Waals surface area contributed by atoms with Crippen LogP contribution < -0.4 is 15.8 Å². The Balaban J connectivity index is 1.73. The van der Waals surface area contributed by atoms with Crippen LogP contribution in [-0.2, 0) is 23.9 Å². The second kappa shape index (κ2) is 11.4. The van der Waals surface area contributed by atoms with Gasteiger partial charge in [0.2, 0.25) is 5.88 Å². The predicted molar refractivity (Wildman–Crippen MR) is 151 cm³/mol. The van der Waals surface area contributed by atoms with Gasteiger partial charge in [-0.3, -0.25) is 9.59 Å². The number of ether oxygens (including phenoxy) is 3. The average Bonchev–Trinajstić information content (AvgIpc) is 2.84. The lowest BCUT2D eigenvalue weighted by molar-refractivity contribution is -0.139. The van der Waals surface area contributed by atoms with Gasteiger partial charge >= 0.3 is 5.97 Å². The van der Waals surface area contributed by atoms with Crippen molar-refractivity contribution in [2.24, 2.45) is 11.1 Å². The van der Waals surface area contributed by atoms with E-state index in [1.165, 1.54) is 0 Å². The molecule has 1 unspecified atom stereocenters. The summed E-state index contributed by atoms with van der Waals surface area (Å²) in [5, 5.41) is 3.29. The van der Waals surface area contributed by atoms with Crippen molar-refractivity contribution in [3.05, 3.63) is 79.8 Å². The summed E-state index contributed by atoms with van der Waals surface area (Å²) >= 11 is 9.56. The van der Waals surface area contributed by atoms with Crippen molar-refractivity contribution in [2.45, 2.75) is 46.5 Å². The molecule has 1 atom stereocenters. The van der Waals surface area contributed by atoms with Gasteiger partial charge in [0.25, 0.3) is 5.91 Å². The largest absolute Gasteiger partial charge is 0.483 e. The van der Waals surface area contributed by atoms with Crippen molar-refractivity contribution in [1.82, 2.24) is 0 Å². The fraction of sp³-hybridized carbons (Fsp3) is 0.345. The third kappa shape index (κ3) is 6.31. The van der Waals surface area contributed by atoms with Gasteiger partial charge in [-0.15, -0.1) is 0 Å². The van der Waals surface area contributed by atoms with Gasteiger partial charge in [-0.1, -0.05) is 47.4 Å². The van der Waals surface area contributed by atoms with Crippen LogP contribution in [0.4, 0.5) is 5.69 Å². The number of nitrogens with two attached hydrogens (primary N) is 1. The van der Waals surface area contributed by atoms with Gasteiger partial charge in [-0.05, 0) is 55.2 Å². The SMILES string of the molecule is CCOC(=O)C1=C(N)OC2=C(C(=O)CC(C)(C)C2)C1c1cc(Br)ccc1OCC(=O)Nc1cc(Cl)ccc1C. The molecule has 2 aliphatic rings. The molecule has 0 saturated heterocycles. The highest BCUT2D eigenvalue weighted by molar-refractivity contribution is 9.10. The van der Waals surface area contributed by atoms with E-state index in [-0.39, 0.29) is 42.3 Å². The topological polar surface area (TPSA) is 117 Å². The molecular weight excluding hydrogens is 588 g/mol. The average molecular weight is 618 g/mol. The Labute approximate surface area is 240 Å². The first kappa shape index (κ1) is 28.7. The van der Waals surface area contributed by atoms with Crippen molar-refractivity contribution >= 4 is 50.9 Å². The number of halogens is 2. The van der Waals surface area contributed by atoms with Gasteiger partial charge in [0.15, 0.2) is 12.4 Å². The van der Waals surface area contributed by atoms with Crippen molar-refractivity contribution in [2.75, 3.05) is 18.5 Å². The van der Waals surface area contributed by atoms with Crippen molar-refractivity contribution in [1.29, 1.82) is 0 Å². The molecule has 2 aromatic carbocycles. The summed E-state index contributed by atoms with van der Waals surface area (Å²) in [5.41, 5.74) is 8.20. The highest BCUT2D eigenvalue weighted by atomic mass is 79.9. The number of hydrogen-bond donors (Lipinski definition) is 2. The second-order valence-electron chi connectivity index (χ2n) is 10.3. The highest BCUT2D eigenvalue weighted by Crippen LogP contribution is 2.50. The van der Waals surface area contributed by atoms with E-state index >= 15 is 0 Å². The molecule has 3 N–H and O–H groups in total.